The minimum atomic E-state index is -0.0838. The summed E-state index contributed by atoms with van der Waals surface area (Å²) >= 11 is 1.57. The number of rotatable bonds is 10. The van der Waals surface area contributed by atoms with E-state index in [-0.39, 0.29) is 12.5 Å². The van der Waals surface area contributed by atoms with Gasteiger partial charge in [0.25, 0.3) is 0 Å². The molecule has 30 heavy (non-hydrogen) atoms. The average Bonchev–Trinajstić information content (AvgIpc) is 3.20. The van der Waals surface area contributed by atoms with E-state index in [2.05, 4.69) is 10.3 Å². The van der Waals surface area contributed by atoms with Gasteiger partial charge in [-0.3, -0.25) is 9.69 Å². The number of carbonyl (C=O) groups excluding carboxylic acids is 1. The monoisotopic (exact) mass is 425 g/mol. The van der Waals surface area contributed by atoms with E-state index in [1.54, 1.807) is 18.4 Å². The summed E-state index contributed by atoms with van der Waals surface area (Å²) in [6.07, 6.45) is 0. The molecule has 6 nitrogen and oxygen atoms in total. The summed E-state index contributed by atoms with van der Waals surface area (Å²) in [5, 5.41) is 5.86. The summed E-state index contributed by atoms with van der Waals surface area (Å²) in [5.74, 6) is 1.40. The molecular formula is C23H27N3O3S. The van der Waals surface area contributed by atoms with Gasteiger partial charge in [0.1, 0.15) is 23.1 Å². The Morgan fingerprint density at radius 2 is 1.93 bits per heavy atom. The second-order valence-corrected chi connectivity index (χ2v) is 7.83. The van der Waals surface area contributed by atoms with Crippen LogP contribution in [0.2, 0.25) is 0 Å². The van der Waals surface area contributed by atoms with Crippen LogP contribution in [0.25, 0.3) is 0 Å². The number of aromatic nitrogens is 1. The fraction of sp³-hybridized carbons (Fsp3) is 0.304. The summed E-state index contributed by atoms with van der Waals surface area (Å²) < 4.78 is 11.1. The highest BCUT2D eigenvalue weighted by Gasteiger charge is 2.13. The van der Waals surface area contributed by atoms with Crippen molar-refractivity contribution in [2.45, 2.75) is 27.0 Å². The highest BCUT2D eigenvalue weighted by Crippen LogP contribution is 2.23. The Morgan fingerprint density at radius 1 is 1.17 bits per heavy atom. The lowest BCUT2D eigenvalue weighted by Gasteiger charge is -2.19. The molecule has 0 spiro atoms. The van der Waals surface area contributed by atoms with Gasteiger partial charge < -0.3 is 14.8 Å². The van der Waals surface area contributed by atoms with Gasteiger partial charge in [-0.05, 0) is 37.7 Å². The molecule has 0 aliphatic carbocycles. The van der Waals surface area contributed by atoms with Crippen molar-refractivity contribution in [3.05, 3.63) is 70.2 Å². The highest BCUT2D eigenvalue weighted by atomic mass is 32.1. The molecule has 0 saturated heterocycles. The van der Waals surface area contributed by atoms with Gasteiger partial charge in [0.15, 0.2) is 0 Å². The molecule has 1 heterocycles. The van der Waals surface area contributed by atoms with Crippen molar-refractivity contribution in [3.8, 4) is 11.5 Å². The number of thiazole rings is 1. The lowest BCUT2D eigenvalue weighted by atomic mass is 10.2. The Balaban J connectivity index is 1.51. The molecule has 3 rings (SSSR count). The van der Waals surface area contributed by atoms with Crippen LogP contribution in [0.4, 0.5) is 5.69 Å². The number of aryl methyl sites for hydroxylation is 1. The normalized spacial score (nSPS) is 10.8. The molecule has 1 N–H and O–H groups in total. The van der Waals surface area contributed by atoms with Gasteiger partial charge in [-0.25, -0.2) is 4.98 Å². The van der Waals surface area contributed by atoms with Gasteiger partial charge in [-0.2, -0.15) is 0 Å². The number of nitrogens with one attached hydrogen (secondary N) is 1. The molecule has 0 unspecified atom stereocenters. The number of amides is 1. The van der Waals surface area contributed by atoms with Gasteiger partial charge in [0.05, 0.1) is 25.0 Å². The summed E-state index contributed by atoms with van der Waals surface area (Å²) in [6, 6.07) is 15.4. The number of nitrogens with zero attached hydrogens (tertiary/aromatic N) is 2. The quantitative estimate of drug-likeness (QED) is 0.518. The van der Waals surface area contributed by atoms with E-state index in [9.17, 15) is 4.79 Å². The third kappa shape index (κ3) is 6.30. The zero-order chi connectivity index (χ0) is 21.3. The van der Waals surface area contributed by atoms with Crippen molar-refractivity contribution < 1.29 is 14.3 Å². The van der Waals surface area contributed by atoms with E-state index in [4.69, 9.17) is 9.47 Å². The topological polar surface area (TPSA) is 63.7 Å². The van der Waals surface area contributed by atoms with Crippen molar-refractivity contribution in [2.75, 3.05) is 25.5 Å². The smallest absolute Gasteiger partial charge is 0.238 e. The third-order valence-corrected chi connectivity index (χ3v) is 5.43. The minimum absolute atomic E-state index is 0.0838. The standard InChI is InChI=1S/C23H27N3O3S/c1-4-26(14-22(27)25-20-7-5-6-8-21(20)28-3)13-18-16-30-23(24-18)15-29-19-11-9-17(2)10-12-19/h5-12,16H,4,13-15H2,1-3H3,(H,25,27). The highest BCUT2D eigenvalue weighted by molar-refractivity contribution is 7.09. The van der Waals surface area contributed by atoms with E-state index in [1.807, 2.05) is 72.7 Å². The average molecular weight is 426 g/mol. The molecule has 0 aliphatic rings. The molecular weight excluding hydrogens is 398 g/mol. The van der Waals surface area contributed by atoms with Crippen molar-refractivity contribution in [1.82, 2.24) is 9.88 Å². The molecule has 0 radical (unpaired) electrons. The molecule has 158 valence electrons. The Labute approximate surface area is 181 Å². The molecule has 7 heteroatoms. The zero-order valence-electron chi connectivity index (χ0n) is 17.6. The van der Waals surface area contributed by atoms with Crippen LogP contribution in [-0.2, 0) is 17.9 Å². The molecule has 2 aromatic carbocycles. The van der Waals surface area contributed by atoms with Crippen LogP contribution in [-0.4, -0.2) is 36.0 Å². The second kappa shape index (κ2) is 10.8. The van der Waals surface area contributed by atoms with E-state index < -0.39 is 0 Å². The lowest BCUT2D eigenvalue weighted by Crippen LogP contribution is -2.33. The number of methoxy groups -OCH3 is 1. The fourth-order valence-electron chi connectivity index (χ4n) is 2.92. The first-order chi connectivity index (χ1) is 14.6. The molecule has 0 saturated carbocycles. The molecule has 0 fully saturated rings. The van der Waals surface area contributed by atoms with Gasteiger partial charge in [-0.15, -0.1) is 11.3 Å². The van der Waals surface area contributed by atoms with Gasteiger partial charge >= 0.3 is 0 Å². The van der Waals surface area contributed by atoms with Crippen molar-refractivity contribution in [2.24, 2.45) is 0 Å². The maximum absolute atomic E-state index is 12.5. The lowest BCUT2D eigenvalue weighted by molar-refractivity contribution is -0.117. The number of carbonyl (C=O) groups is 1. The van der Waals surface area contributed by atoms with Gasteiger partial charge in [0.2, 0.25) is 5.91 Å². The summed E-state index contributed by atoms with van der Waals surface area (Å²) in [7, 11) is 1.59. The Hall–Kier alpha value is -2.90. The summed E-state index contributed by atoms with van der Waals surface area (Å²) in [6.45, 7) is 6.15. The number of ether oxygens (including phenoxy) is 2. The maximum atomic E-state index is 12.5. The summed E-state index contributed by atoms with van der Waals surface area (Å²) in [4.78, 5) is 19.2. The molecule has 0 bridgehead atoms. The van der Waals surface area contributed by atoms with E-state index in [1.165, 1.54) is 5.56 Å². The third-order valence-electron chi connectivity index (χ3n) is 4.56. The molecule has 0 atom stereocenters. The SMILES string of the molecule is CCN(CC(=O)Nc1ccccc1OC)Cc1csc(COc2ccc(C)cc2)n1. The largest absolute Gasteiger partial charge is 0.495 e. The Kier molecular flexibility index (Phi) is 7.82. The molecule has 1 amide bonds. The molecule has 0 aliphatic heterocycles. The van der Waals surface area contributed by atoms with Crippen LogP contribution in [0.5, 0.6) is 11.5 Å². The predicted molar refractivity (Wildman–Crippen MR) is 120 cm³/mol. The minimum Gasteiger partial charge on any atom is -0.495 e. The van der Waals surface area contributed by atoms with Crippen LogP contribution in [0.3, 0.4) is 0 Å². The predicted octanol–water partition coefficient (Wildman–Crippen LogP) is 4.50. The van der Waals surface area contributed by atoms with Crippen molar-refractivity contribution in [3.63, 3.8) is 0 Å². The van der Waals surface area contributed by atoms with Crippen LogP contribution in [0, 0.1) is 6.92 Å². The Bertz CT molecular complexity index is 956. The molecule has 1 aromatic heterocycles. The number of hydrogen-bond donors (Lipinski definition) is 1. The van der Waals surface area contributed by atoms with Gasteiger partial charge in [0, 0.05) is 11.9 Å². The number of likely N-dealkylation sites (N-methyl/N-ethyl adjacent to an activating group) is 1. The molecule has 3 aromatic rings. The number of benzene rings is 2. The first-order valence-electron chi connectivity index (χ1n) is 9.85. The van der Waals surface area contributed by atoms with E-state index in [0.29, 0.717) is 24.6 Å². The van der Waals surface area contributed by atoms with Crippen molar-refractivity contribution in [1.29, 1.82) is 0 Å². The first-order valence-corrected chi connectivity index (χ1v) is 10.7. The number of para-hydroxylation sites is 2. The zero-order valence-corrected chi connectivity index (χ0v) is 18.4. The summed E-state index contributed by atoms with van der Waals surface area (Å²) in [5.41, 5.74) is 2.81. The van der Waals surface area contributed by atoms with Gasteiger partial charge in [-0.1, -0.05) is 36.8 Å². The van der Waals surface area contributed by atoms with E-state index >= 15 is 0 Å². The van der Waals surface area contributed by atoms with Crippen LogP contribution in [0.15, 0.2) is 53.9 Å². The van der Waals surface area contributed by atoms with Crippen LogP contribution >= 0.6 is 11.3 Å². The van der Waals surface area contributed by atoms with Crippen LogP contribution < -0.4 is 14.8 Å². The van der Waals surface area contributed by atoms with Crippen LogP contribution in [0.1, 0.15) is 23.2 Å². The Morgan fingerprint density at radius 3 is 2.67 bits per heavy atom. The maximum Gasteiger partial charge on any atom is 0.238 e. The van der Waals surface area contributed by atoms with Crippen molar-refractivity contribution >= 4 is 22.9 Å². The van der Waals surface area contributed by atoms with E-state index in [0.717, 1.165) is 23.0 Å². The number of anilines is 1. The first kappa shape index (κ1) is 21.8. The second-order valence-electron chi connectivity index (χ2n) is 6.89. The number of hydrogen-bond acceptors (Lipinski definition) is 6. The fourth-order valence-corrected chi connectivity index (χ4v) is 3.61.